The van der Waals surface area contributed by atoms with Crippen molar-refractivity contribution in [3.63, 3.8) is 0 Å². The highest BCUT2D eigenvalue weighted by atomic mass is 19.4. The Morgan fingerprint density at radius 2 is 1.78 bits per heavy atom. The van der Waals surface area contributed by atoms with Crippen LogP contribution in [0.15, 0.2) is 65.6 Å². The Balaban J connectivity index is 1.68. The lowest BCUT2D eigenvalue weighted by Crippen LogP contribution is -2.20. The number of benzene rings is 2. The van der Waals surface area contributed by atoms with Crippen LogP contribution in [0.1, 0.15) is 40.7 Å². The number of unbranched alkanes of at least 4 members (excludes halogenated alkanes) is 2. The molecule has 0 aliphatic heterocycles. The topological polar surface area (TPSA) is 112 Å². The van der Waals surface area contributed by atoms with Gasteiger partial charge in [-0.1, -0.05) is 24.3 Å². The van der Waals surface area contributed by atoms with Crippen molar-refractivity contribution in [1.82, 2.24) is 14.0 Å². The second-order valence-electron chi connectivity index (χ2n) is 8.36. The maximum atomic E-state index is 12.9. The van der Waals surface area contributed by atoms with E-state index in [-0.39, 0.29) is 11.1 Å². The van der Waals surface area contributed by atoms with Crippen LogP contribution in [0.2, 0.25) is 0 Å². The van der Waals surface area contributed by atoms with E-state index in [2.05, 4.69) is 16.4 Å². The van der Waals surface area contributed by atoms with Crippen LogP contribution in [0, 0.1) is 11.3 Å². The third-order valence-corrected chi connectivity index (χ3v) is 5.82. The number of aryl methyl sites for hydroxylation is 1. The normalized spacial score (nSPS) is 11.4. The lowest BCUT2D eigenvalue weighted by atomic mass is 10.1. The number of nitrogens with zero attached hydrogens (tertiary/aromatic N) is 4. The standard InChI is InChI=1S/C26H22F3N5O3/c27-26(28,29)20-10-8-18(9-11-20)21-16-34-23(35)14-22(33(25(34)32-21)13-3-1-2-12-30)31-15-17-4-6-19(7-5-17)24(36)37/h4-11,14,16,31H,1-3,13,15H2,(H,36,37). The number of carboxylic acid groups (broad SMARTS) is 1. The molecule has 2 aromatic carbocycles. The second kappa shape index (κ2) is 10.6. The van der Waals surface area contributed by atoms with E-state index in [1.807, 2.05) is 0 Å². The van der Waals surface area contributed by atoms with Gasteiger partial charge in [-0.2, -0.15) is 18.4 Å². The van der Waals surface area contributed by atoms with Crippen molar-refractivity contribution in [3.05, 3.63) is 87.8 Å². The highest BCUT2D eigenvalue weighted by molar-refractivity contribution is 5.87. The number of hydrogen-bond acceptors (Lipinski definition) is 5. The predicted molar refractivity (Wildman–Crippen MR) is 130 cm³/mol. The highest BCUT2D eigenvalue weighted by Gasteiger charge is 2.30. The number of hydrogen-bond donors (Lipinski definition) is 2. The summed E-state index contributed by atoms with van der Waals surface area (Å²) >= 11 is 0. The first-order valence-corrected chi connectivity index (χ1v) is 11.4. The van der Waals surface area contributed by atoms with Crippen LogP contribution in [-0.4, -0.2) is 25.0 Å². The number of fused-ring (bicyclic) bond motifs is 1. The molecule has 0 saturated carbocycles. The van der Waals surface area contributed by atoms with E-state index < -0.39 is 17.7 Å². The Hall–Kier alpha value is -4.59. The monoisotopic (exact) mass is 509 g/mol. The third kappa shape index (κ3) is 5.81. The summed E-state index contributed by atoms with van der Waals surface area (Å²) in [5.74, 6) is -0.247. The highest BCUT2D eigenvalue weighted by Crippen LogP contribution is 2.31. The van der Waals surface area contributed by atoms with Crippen LogP contribution in [0.5, 0.6) is 0 Å². The largest absolute Gasteiger partial charge is 0.478 e. The van der Waals surface area contributed by atoms with Gasteiger partial charge in [0.1, 0.15) is 5.82 Å². The summed E-state index contributed by atoms with van der Waals surface area (Å²) in [6.45, 7) is 0.745. The van der Waals surface area contributed by atoms with Crippen LogP contribution in [0.3, 0.4) is 0 Å². The molecule has 37 heavy (non-hydrogen) atoms. The lowest BCUT2D eigenvalue weighted by molar-refractivity contribution is -0.137. The van der Waals surface area contributed by atoms with E-state index in [0.717, 1.165) is 17.7 Å². The van der Waals surface area contributed by atoms with E-state index in [4.69, 9.17) is 10.4 Å². The van der Waals surface area contributed by atoms with Crippen LogP contribution >= 0.6 is 0 Å². The molecule has 0 amide bonds. The van der Waals surface area contributed by atoms with Gasteiger partial charge in [-0.25, -0.2) is 9.78 Å². The number of carboxylic acids is 1. The number of alkyl halides is 3. The van der Waals surface area contributed by atoms with E-state index in [1.165, 1.54) is 40.9 Å². The summed E-state index contributed by atoms with van der Waals surface area (Å²) in [6, 6.07) is 14.4. The maximum Gasteiger partial charge on any atom is 0.416 e. The lowest BCUT2D eigenvalue weighted by Gasteiger charge is -2.16. The minimum Gasteiger partial charge on any atom is -0.478 e. The molecule has 0 unspecified atom stereocenters. The molecule has 0 atom stereocenters. The van der Waals surface area contributed by atoms with Gasteiger partial charge in [0.25, 0.3) is 5.56 Å². The molecule has 4 aromatic rings. The van der Waals surface area contributed by atoms with Gasteiger partial charge in [0.05, 0.1) is 22.9 Å². The van der Waals surface area contributed by atoms with Crippen LogP contribution in [-0.2, 0) is 19.3 Å². The third-order valence-electron chi connectivity index (χ3n) is 5.82. The smallest absolute Gasteiger partial charge is 0.416 e. The van der Waals surface area contributed by atoms with Gasteiger partial charge in [-0.3, -0.25) is 13.8 Å². The van der Waals surface area contributed by atoms with Gasteiger partial charge in [-0.15, -0.1) is 0 Å². The molecule has 2 aromatic heterocycles. The maximum absolute atomic E-state index is 12.9. The van der Waals surface area contributed by atoms with Crippen LogP contribution < -0.4 is 10.9 Å². The number of imidazole rings is 1. The van der Waals surface area contributed by atoms with Crippen LogP contribution in [0.4, 0.5) is 19.0 Å². The van der Waals surface area contributed by atoms with Gasteiger partial charge in [0.15, 0.2) is 0 Å². The number of nitriles is 1. The van der Waals surface area contributed by atoms with E-state index in [1.54, 1.807) is 16.7 Å². The van der Waals surface area contributed by atoms with Crippen LogP contribution in [0.25, 0.3) is 17.0 Å². The van der Waals surface area contributed by atoms with Crippen molar-refractivity contribution in [3.8, 4) is 17.3 Å². The molecule has 0 bridgehead atoms. The Morgan fingerprint density at radius 3 is 2.41 bits per heavy atom. The molecule has 190 valence electrons. The van der Waals surface area contributed by atoms with Gasteiger partial charge in [-0.05, 0) is 42.7 Å². The molecule has 2 heterocycles. The quantitative estimate of drug-likeness (QED) is 0.301. The molecule has 4 rings (SSSR count). The van der Waals surface area contributed by atoms with Gasteiger partial charge < -0.3 is 10.4 Å². The number of aromatic carboxylic acids is 1. The molecule has 0 aliphatic carbocycles. The van der Waals surface area contributed by atoms with Crippen molar-refractivity contribution in [2.45, 2.75) is 38.5 Å². The molecule has 8 nitrogen and oxygen atoms in total. The van der Waals surface area contributed by atoms with Gasteiger partial charge in [0, 0.05) is 37.3 Å². The molecular formula is C26H22F3N5O3. The van der Waals surface area contributed by atoms with E-state index in [9.17, 15) is 22.8 Å². The zero-order chi connectivity index (χ0) is 26.6. The number of nitrogens with one attached hydrogen (secondary N) is 1. The summed E-state index contributed by atoms with van der Waals surface area (Å²) in [5.41, 5.74) is 0.575. The molecule has 0 fully saturated rings. The van der Waals surface area contributed by atoms with E-state index in [0.29, 0.717) is 55.2 Å². The average molecular weight is 509 g/mol. The summed E-state index contributed by atoms with van der Waals surface area (Å²) in [4.78, 5) is 28.5. The first-order valence-electron chi connectivity index (χ1n) is 11.4. The zero-order valence-electron chi connectivity index (χ0n) is 19.5. The Labute approximate surface area is 209 Å². The Morgan fingerprint density at radius 1 is 1.08 bits per heavy atom. The van der Waals surface area contributed by atoms with Gasteiger partial charge in [0.2, 0.25) is 5.78 Å². The molecule has 0 saturated heterocycles. The average Bonchev–Trinajstić information content (AvgIpc) is 3.32. The summed E-state index contributed by atoms with van der Waals surface area (Å²) in [5, 5.41) is 21.1. The molecule has 0 aliphatic rings. The zero-order valence-corrected chi connectivity index (χ0v) is 19.5. The van der Waals surface area contributed by atoms with Crippen molar-refractivity contribution in [1.29, 1.82) is 5.26 Å². The Bertz CT molecular complexity index is 1520. The second-order valence-corrected chi connectivity index (χ2v) is 8.36. The number of rotatable bonds is 9. The number of halogens is 3. The van der Waals surface area contributed by atoms with Crippen molar-refractivity contribution in [2.24, 2.45) is 0 Å². The number of anilines is 1. The number of carbonyl (C=O) groups is 1. The fourth-order valence-electron chi connectivity index (χ4n) is 3.86. The van der Waals surface area contributed by atoms with Gasteiger partial charge >= 0.3 is 12.1 Å². The predicted octanol–water partition coefficient (Wildman–Crippen LogP) is 5.19. The molecule has 2 N–H and O–H groups in total. The molecule has 11 heteroatoms. The Kier molecular flexibility index (Phi) is 7.29. The van der Waals surface area contributed by atoms with Crippen molar-refractivity contribution < 1.29 is 23.1 Å². The fraction of sp³-hybridized carbons (Fsp3) is 0.231. The minimum atomic E-state index is -4.46. The minimum absolute atomic E-state index is 0.160. The summed E-state index contributed by atoms with van der Waals surface area (Å²) in [7, 11) is 0. The summed E-state index contributed by atoms with van der Waals surface area (Å²) < 4.78 is 42.0. The first kappa shape index (κ1) is 25.5. The van der Waals surface area contributed by atoms with E-state index >= 15 is 0 Å². The summed E-state index contributed by atoms with van der Waals surface area (Å²) in [6.07, 6.45) is -1.32. The first-order chi connectivity index (χ1) is 17.7. The SMILES string of the molecule is N#CCCCCn1c(NCc2ccc(C(=O)O)cc2)cc(=O)n2cc(-c3ccc(C(F)(F)F)cc3)nc12. The molecule has 0 radical (unpaired) electrons. The van der Waals surface area contributed by atoms with Crippen molar-refractivity contribution >= 4 is 17.6 Å². The van der Waals surface area contributed by atoms with Crippen molar-refractivity contribution in [2.75, 3.05) is 5.32 Å². The fourth-order valence-corrected chi connectivity index (χ4v) is 3.86. The number of aromatic nitrogens is 3. The molecule has 0 spiro atoms. The molecular weight excluding hydrogens is 487 g/mol.